The van der Waals surface area contributed by atoms with Crippen molar-refractivity contribution >= 4 is 46.4 Å². The lowest BCUT2D eigenvalue weighted by molar-refractivity contribution is 0.554. The number of rotatable bonds is 4. The fourth-order valence-electron chi connectivity index (χ4n) is 5.12. The summed E-state index contributed by atoms with van der Waals surface area (Å²) in [5.41, 5.74) is -0.351. The molecule has 0 aliphatic heterocycles. The molecule has 0 saturated carbocycles. The second kappa shape index (κ2) is 8.18. The van der Waals surface area contributed by atoms with E-state index in [4.69, 9.17) is 0 Å². The van der Waals surface area contributed by atoms with E-state index in [1.54, 1.807) is 0 Å². The Kier molecular flexibility index (Phi) is 5.48. The van der Waals surface area contributed by atoms with Crippen LogP contribution in [0.5, 0.6) is 0 Å². The highest BCUT2D eigenvalue weighted by Crippen LogP contribution is 2.61. The van der Waals surface area contributed by atoms with Crippen LogP contribution in [-0.4, -0.2) is 24.6 Å². The topological polar surface area (TPSA) is 34.1 Å². The number of allylic oxidation sites excluding steroid dienone is 2. The zero-order valence-corrected chi connectivity index (χ0v) is 20.3. The largest absolute Gasteiger partial charge is 0.323 e. The Morgan fingerprint density at radius 3 is 1.69 bits per heavy atom. The lowest BCUT2D eigenvalue weighted by Crippen LogP contribution is -2.35. The molecule has 4 aromatic carbocycles. The maximum absolute atomic E-state index is 15.4. The molecule has 32 heavy (non-hydrogen) atoms. The first kappa shape index (κ1) is 21.4. The van der Waals surface area contributed by atoms with E-state index in [1.165, 1.54) is 0 Å². The van der Waals surface area contributed by atoms with Crippen molar-refractivity contribution in [2.24, 2.45) is 0 Å². The molecule has 5 rings (SSSR count). The molecule has 0 spiro atoms. The van der Waals surface area contributed by atoms with E-state index < -0.39 is 14.3 Å². The molecule has 0 fully saturated rings. The van der Waals surface area contributed by atoms with Crippen LogP contribution in [0.2, 0.25) is 0 Å². The predicted octanol–water partition coefficient (Wildman–Crippen LogP) is 7.02. The van der Waals surface area contributed by atoms with Crippen molar-refractivity contribution in [3.05, 3.63) is 97.1 Å². The van der Waals surface area contributed by atoms with Crippen LogP contribution < -0.4 is 10.6 Å². The van der Waals surface area contributed by atoms with Crippen LogP contribution in [0, 0.1) is 0 Å². The molecule has 1 aliphatic carbocycles. The predicted molar refractivity (Wildman–Crippen MR) is 140 cm³/mol. The molecule has 0 aromatic heterocycles. The zero-order valence-electron chi connectivity index (χ0n) is 18.5. The van der Waals surface area contributed by atoms with Gasteiger partial charge in [-0.05, 0) is 59.8 Å². The monoisotopic (exact) mass is 458 g/mol. The smallest absolute Gasteiger partial charge is 0.147 e. The van der Waals surface area contributed by atoms with Gasteiger partial charge < -0.3 is 9.13 Å². The number of hydrogen-bond donors (Lipinski definition) is 0. The lowest BCUT2D eigenvalue weighted by atomic mass is 10.1. The summed E-state index contributed by atoms with van der Waals surface area (Å²) < 4.78 is 28.7. The molecule has 0 saturated heterocycles. The summed E-state index contributed by atoms with van der Waals surface area (Å²) in [7, 11) is -5.57. The molecule has 2 nitrogen and oxygen atoms in total. The molecule has 4 heteroatoms. The molecule has 0 amide bonds. The second-order valence-corrected chi connectivity index (χ2v) is 15.7. The zero-order chi connectivity index (χ0) is 22.3. The van der Waals surface area contributed by atoms with Crippen molar-refractivity contribution in [3.8, 4) is 0 Å². The number of benzene rings is 4. The molecular weight excluding hydrogens is 430 g/mol. The van der Waals surface area contributed by atoms with Gasteiger partial charge in [-0.3, -0.25) is 0 Å². The molecule has 0 N–H and O–H groups in total. The van der Waals surface area contributed by atoms with Crippen molar-refractivity contribution in [2.45, 2.75) is 24.2 Å². The highest BCUT2D eigenvalue weighted by molar-refractivity contribution is 7.80. The summed E-state index contributed by atoms with van der Waals surface area (Å²) in [6.45, 7) is 3.68. The number of hydrogen-bond acceptors (Lipinski definition) is 2. The first-order valence-electron chi connectivity index (χ1n) is 11.2. The van der Waals surface area contributed by atoms with Crippen molar-refractivity contribution in [2.75, 3.05) is 13.3 Å². The maximum atomic E-state index is 15.4. The first-order chi connectivity index (χ1) is 15.4. The van der Waals surface area contributed by atoms with E-state index in [0.29, 0.717) is 0 Å². The molecule has 162 valence electrons. The molecule has 0 unspecified atom stereocenters. The average Bonchev–Trinajstić information content (AvgIpc) is 2.82. The van der Waals surface area contributed by atoms with Gasteiger partial charge in [-0.15, -0.1) is 0 Å². The van der Waals surface area contributed by atoms with E-state index in [-0.39, 0.29) is 11.3 Å². The van der Waals surface area contributed by atoms with Crippen LogP contribution in [0.3, 0.4) is 0 Å². The van der Waals surface area contributed by atoms with E-state index in [9.17, 15) is 4.57 Å². The third-order valence-electron chi connectivity index (χ3n) is 6.77. The molecule has 4 aromatic rings. The Balaban J connectivity index is 1.78. The van der Waals surface area contributed by atoms with E-state index in [1.807, 2.05) is 49.7 Å². The van der Waals surface area contributed by atoms with Crippen molar-refractivity contribution in [1.82, 2.24) is 0 Å². The van der Waals surface area contributed by atoms with Crippen LogP contribution >= 0.6 is 14.3 Å². The Labute approximate surface area is 190 Å². The SMILES string of the molecule is CP(C)(=O)[C@@H]1C=CCC[C@H]1P(=O)(c1ccc2ccccc2c1)c1ccc2ccccc2c1. The minimum Gasteiger partial charge on any atom is -0.323 e. The standard InChI is InChI=1S/C28H28O2P2/c1-31(2,29)27-13-7-8-14-28(27)32(30,25-17-15-21-9-3-5-11-23(21)19-25)26-18-16-22-10-4-6-12-24(22)20-26/h3-7,9-13,15-20,27-28H,8,14H2,1-2H3/t27-,28-/m1/s1. The van der Waals surface area contributed by atoms with E-state index in [2.05, 4.69) is 60.7 Å². The third-order valence-corrected chi connectivity index (χ3v) is 12.6. The summed E-state index contributed by atoms with van der Waals surface area (Å²) in [5.74, 6) is 0. The van der Waals surface area contributed by atoms with Gasteiger partial charge in [0.05, 0.1) is 7.14 Å². The summed E-state index contributed by atoms with van der Waals surface area (Å²) in [5, 5.41) is 6.18. The fraction of sp³-hybridized carbons (Fsp3) is 0.214. The maximum Gasteiger partial charge on any atom is 0.147 e. The van der Waals surface area contributed by atoms with Gasteiger partial charge in [0.2, 0.25) is 0 Å². The summed E-state index contributed by atoms with van der Waals surface area (Å²) in [6.07, 6.45) is 5.84. The Bertz CT molecular complexity index is 1350. The van der Waals surface area contributed by atoms with Gasteiger partial charge in [0.15, 0.2) is 0 Å². The van der Waals surface area contributed by atoms with Crippen molar-refractivity contribution in [3.63, 3.8) is 0 Å². The average molecular weight is 458 g/mol. The van der Waals surface area contributed by atoms with E-state index in [0.717, 1.165) is 45.0 Å². The second-order valence-electron chi connectivity index (χ2n) is 9.22. The fourth-order valence-corrected chi connectivity index (χ4v) is 11.5. The molecule has 0 bridgehead atoms. The van der Waals surface area contributed by atoms with Gasteiger partial charge in [-0.25, -0.2) is 0 Å². The highest BCUT2D eigenvalue weighted by atomic mass is 31.2. The van der Waals surface area contributed by atoms with Gasteiger partial charge in [0.25, 0.3) is 0 Å². The summed E-state index contributed by atoms with van der Waals surface area (Å²) in [4.78, 5) is 0. The first-order valence-corrected chi connectivity index (χ1v) is 15.6. The quantitative estimate of drug-likeness (QED) is 0.243. The Morgan fingerprint density at radius 1 is 0.688 bits per heavy atom. The van der Waals surface area contributed by atoms with Gasteiger partial charge >= 0.3 is 0 Å². The molecule has 0 heterocycles. The molecule has 1 aliphatic rings. The molecular formula is C28H28O2P2. The summed E-state index contributed by atoms with van der Waals surface area (Å²) in [6, 6.07) is 28.8. The van der Waals surface area contributed by atoms with Gasteiger partial charge in [-0.1, -0.05) is 84.9 Å². The highest BCUT2D eigenvalue weighted by Gasteiger charge is 2.45. The van der Waals surface area contributed by atoms with Crippen molar-refractivity contribution < 1.29 is 9.13 Å². The minimum absolute atomic E-state index is 0.171. The third kappa shape index (κ3) is 3.71. The van der Waals surface area contributed by atoms with Crippen LogP contribution in [0.1, 0.15) is 12.8 Å². The van der Waals surface area contributed by atoms with Crippen LogP contribution in [0.4, 0.5) is 0 Å². The van der Waals surface area contributed by atoms with Gasteiger partial charge in [0.1, 0.15) is 7.14 Å². The van der Waals surface area contributed by atoms with Crippen molar-refractivity contribution in [1.29, 1.82) is 0 Å². The van der Waals surface area contributed by atoms with Gasteiger partial charge in [0, 0.05) is 21.9 Å². The lowest BCUT2D eigenvalue weighted by Gasteiger charge is -2.37. The van der Waals surface area contributed by atoms with Gasteiger partial charge in [-0.2, -0.15) is 0 Å². The Morgan fingerprint density at radius 2 is 1.19 bits per heavy atom. The number of fused-ring (bicyclic) bond motifs is 2. The summed E-state index contributed by atoms with van der Waals surface area (Å²) >= 11 is 0. The van der Waals surface area contributed by atoms with Crippen LogP contribution in [-0.2, 0) is 9.13 Å². The Hall–Kier alpha value is -2.40. The normalized spacial score (nSPS) is 19.4. The van der Waals surface area contributed by atoms with Crippen LogP contribution in [0.15, 0.2) is 97.1 Å². The molecule has 2 atom stereocenters. The minimum atomic E-state index is -3.08. The molecule has 0 radical (unpaired) electrons. The van der Waals surface area contributed by atoms with Crippen LogP contribution in [0.25, 0.3) is 21.5 Å². The van der Waals surface area contributed by atoms with E-state index >= 15 is 4.57 Å².